The maximum atomic E-state index is 12.2. The quantitative estimate of drug-likeness (QED) is 0.771. The number of H-pyrrole nitrogens is 1. The molecule has 2 heterocycles. The van der Waals surface area contributed by atoms with Gasteiger partial charge in [-0.05, 0) is 19.1 Å². The summed E-state index contributed by atoms with van der Waals surface area (Å²) >= 11 is 1.62. The fourth-order valence-electron chi connectivity index (χ4n) is 2.85. The fourth-order valence-corrected chi connectivity index (χ4v) is 3.64. The summed E-state index contributed by atoms with van der Waals surface area (Å²) in [5, 5.41) is 3.94. The lowest BCUT2D eigenvalue weighted by atomic mass is 10.2. The summed E-state index contributed by atoms with van der Waals surface area (Å²) in [4.78, 5) is 33.4. The number of thioether (sulfide) groups is 1. The van der Waals surface area contributed by atoms with E-state index in [9.17, 15) is 9.59 Å². The summed E-state index contributed by atoms with van der Waals surface area (Å²) in [5.41, 5.74) is 0.602. The highest BCUT2D eigenvalue weighted by molar-refractivity contribution is 7.98. The molecule has 1 amide bonds. The molecule has 8 heteroatoms. The number of aromatic amines is 1. The van der Waals surface area contributed by atoms with Crippen LogP contribution in [-0.2, 0) is 10.5 Å². The van der Waals surface area contributed by atoms with E-state index < -0.39 is 0 Å². The van der Waals surface area contributed by atoms with E-state index in [2.05, 4.69) is 22.2 Å². The molecule has 2 N–H and O–H groups in total. The number of benzene rings is 1. The monoisotopic (exact) mass is 382 g/mol. The van der Waals surface area contributed by atoms with Gasteiger partial charge in [0.2, 0.25) is 5.91 Å². The van der Waals surface area contributed by atoms with Gasteiger partial charge in [-0.25, -0.2) is 4.98 Å². The maximum absolute atomic E-state index is 12.2. The molecule has 1 saturated heterocycles. The first-order valence-corrected chi connectivity index (χ1v) is 9.36. The van der Waals surface area contributed by atoms with Crippen molar-refractivity contribution in [1.82, 2.24) is 20.2 Å². The van der Waals surface area contributed by atoms with E-state index in [1.807, 2.05) is 23.1 Å². The topological polar surface area (TPSA) is 78.1 Å². The summed E-state index contributed by atoms with van der Waals surface area (Å²) in [5.74, 6) is 2.20. The predicted molar refractivity (Wildman–Crippen MR) is 104 cm³/mol. The van der Waals surface area contributed by atoms with Crippen LogP contribution in [-0.4, -0.2) is 52.2 Å². The normalized spacial score (nSPS) is 17.3. The molecule has 6 nitrogen and oxygen atoms in total. The van der Waals surface area contributed by atoms with Crippen molar-refractivity contribution in [2.45, 2.75) is 25.1 Å². The van der Waals surface area contributed by atoms with Gasteiger partial charge in [-0.15, -0.1) is 12.4 Å². The molecule has 1 fully saturated rings. The number of hydrogen-bond acceptors (Lipinski definition) is 5. The number of nitrogens with one attached hydrogen (secondary N) is 2. The highest BCUT2D eigenvalue weighted by Crippen LogP contribution is 2.13. The van der Waals surface area contributed by atoms with Crippen LogP contribution in [0.3, 0.4) is 0 Å². The Morgan fingerprint density at radius 1 is 1.40 bits per heavy atom. The second-order valence-corrected chi connectivity index (χ2v) is 7.13. The second-order valence-electron chi connectivity index (χ2n) is 6.03. The van der Waals surface area contributed by atoms with Crippen molar-refractivity contribution in [2.24, 2.45) is 0 Å². The number of para-hydroxylation sites is 1. The van der Waals surface area contributed by atoms with Crippen molar-refractivity contribution in [2.75, 3.05) is 25.4 Å². The Balaban J connectivity index is 0.00000225. The average Bonchev–Trinajstić information content (AvgIpc) is 2.58. The number of aromatic nitrogens is 2. The molecule has 0 spiro atoms. The highest BCUT2D eigenvalue weighted by atomic mass is 35.5. The number of amides is 1. The zero-order valence-corrected chi connectivity index (χ0v) is 15.8. The van der Waals surface area contributed by atoms with Gasteiger partial charge in [0.15, 0.2) is 0 Å². The molecular weight excluding hydrogens is 360 g/mol. The minimum absolute atomic E-state index is 0. The van der Waals surface area contributed by atoms with E-state index in [-0.39, 0.29) is 23.9 Å². The number of carbonyl (C=O) groups excluding carboxylic acids is 1. The van der Waals surface area contributed by atoms with Gasteiger partial charge in [0.25, 0.3) is 5.56 Å². The maximum Gasteiger partial charge on any atom is 0.258 e. The lowest BCUT2D eigenvalue weighted by Crippen LogP contribution is -2.51. The zero-order valence-electron chi connectivity index (χ0n) is 14.2. The van der Waals surface area contributed by atoms with Crippen molar-refractivity contribution < 1.29 is 4.79 Å². The summed E-state index contributed by atoms with van der Waals surface area (Å²) in [6.45, 7) is 4.52. The molecule has 1 aromatic carbocycles. The third-order valence-electron chi connectivity index (χ3n) is 4.08. The minimum Gasteiger partial charge on any atom is -0.340 e. The SMILES string of the molecule is CC1CN(C(=O)CCSCc2nc3ccccc3c(=O)[nH]2)CCN1.Cl. The van der Waals surface area contributed by atoms with Crippen molar-refractivity contribution in [3.8, 4) is 0 Å². The molecule has 2 aromatic rings. The number of carbonyl (C=O) groups is 1. The van der Waals surface area contributed by atoms with Crippen LogP contribution >= 0.6 is 24.2 Å². The molecular formula is C17H23ClN4O2S. The molecule has 0 bridgehead atoms. The van der Waals surface area contributed by atoms with Gasteiger partial charge in [0.1, 0.15) is 5.82 Å². The summed E-state index contributed by atoms with van der Waals surface area (Å²) in [6.07, 6.45) is 0.523. The van der Waals surface area contributed by atoms with Crippen LogP contribution in [0.4, 0.5) is 0 Å². The molecule has 1 aromatic heterocycles. The van der Waals surface area contributed by atoms with Crippen LogP contribution in [0.1, 0.15) is 19.2 Å². The van der Waals surface area contributed by atoms with Crippen LogP contribution in [0, 0.1) is 0 Å². The lowest BCUT2D eigenvalue weighted by Gasteiger charge is -2.31. The smallest absolute Gasteiger partial charge is 0.258 e. The van der Waals surface area contributed by atoms with Crippen LogP contribution in [0.5, 0.6) is 0 Å². The van der Waals surface area contributed by atoms with Gasteiger partial charge in [0.05, 0.1) is 16.7 Å². The molecule has 0 radical (unpaired) electrons. The molecule has 136 valence electrons. The predicted octanol–water partition coefficient (Wildman–Crippen LogP) is 1.79. The van der Waals surface area contributed by atoms with Gasteiger partial charge in [0, 0.05) is 37.8 Å². The Bertz CT molecular complexity index is 783. The first kappa shape index (κ1) is 19.8. The van der Waals surface area contributed by atoms with E-state index >= 15 is 0 Å². The molecule has 1 atom stereocenters. The molecule has 1 aliphatic heterocycles. The first-order chi connectivity index (χ1) is 11.6. The molecule has 25 heavy (non-hydrogen) atoms. The Morgan fingerprint density at radius 2 is 2.20 bits per heavy atom. The van der Waals surface area contributed by atoms with Crippen molar-refractivity contribution in [3.05, 3.63) is 40.4 Å². The molecule has 1 unspecified atom stereocenters. The standard InChI is InChI=1S/C17H22N4O2S.ClH/c1-12-10-21(8-7-18-12)16(22)6-9-24-11-15-19-14-5-3-2-4-13(14)17(23)20-15;/h2-5,12,18H,6-11H2,1H3,(H,19,20,23);1H. The van der Waals surface area contributed by atoms with E-state index in [0.29, 0.717) is 34.9 Å². The summed E-state index contributed by atoms with van der Waals surface area (Å²) in [6, 6.07) is 7.68. The first-order valence-electron chi connectivity index (χ1n) is 8.20. The molecule has 1 aliphatic rings. The molecule has 3 rings (SSSR count). The van der Waals surface area contributed by atoms with Crippen LogP contribution in [0.25, 0.3) is 10.9 Å². The fraction of sp³-hybridized carbons (Fsp3) is 0.471. The zero-order chi connectivity index (χ0) is 16.9. The third-order valence-corrected chi connectivity index (χ3v) is 5.05. The minimum atomic E-state index is -0.109. The highest BCUT2D eigenvalue weighted by Gasteiger charge is 2.19. The lowest BCUT2D eigenvalue weighted by molar-refractivity contribution is -0.131. The van der Waals surface area contributed by atoms with E-state index in [1.54, 1.807) is 17.8 Å². The van der Waals surface area contributed by atoms with Crippen LogP contribution < -0.4 is 10.9 Å². The van der Waals surface area contributed by atoms with Gasteiger partial charge in [-0.3, -0.25) is 9.59 Å². The van der Waals surface area contributed by atoms with E-state index in [0.717, 1.165) is 25.4 Å². The largest absolute Gasteiger partial charge is 0.340 e. The molecule has 0 saturated carbocycles. The van der Waals surface area contributed by atoms with Crippen LogP contribution in [0.15, 0.2) is 29.1 Å². The van der Waals surface area contributed by atoms with Crippen molar-refractivity contribution >= 4 is 41.0 Å². The number of nitrogens with zero attached hydrogens (tertiary/aromatic N) is 2. The van der Waals surface area contributed by atoms with Crippen LogP contribution in [0.2, 0.25) is 0 Å². The van der Waals surface area contributed by atoms with Gasteiger partial charge < -0.3 is 15.2 Å². The summed E-state index contributed by atoms with van der Waals surface area (Å²) in [7, 11) is 0. The number of fused-ring (bicyclic) bond motifs is 1. The Hall–Kier alpha value is -1.57. The Morgan fingerprint density at radius 3 is 3.00 bits per heavy atom. The van der Waals surface area contributed by atoms with Gasteiger partial charge in [-0.2, -0.15) is 11.8 Å². The third kappa shape index (κ3) is 5.20. The van der Waals surface area contributed by atoms with Crippen molar-refractivity contribution in [1.29, 1.82) is 0 Å². The van der Waals surface area contributed by atoms with E-state index in [1.165, 1.54) is 0 Å². The van der Waals surface area contributed by atoms with Gasteiger partial charge >= 0.3 is 0 Å². The molecule has 0 aliphatic carbocycles. The number of piperazine rings is 1. The second kappa shape index (κ2) is 9.22. The van der Waals surface area contributed by atoms with Gasteiger partial charge in [-0.1, -0.05) is 12.1 Å². The average molecular weight is 383 g/mol. The summed E-state index contributed by atoms with van der Waals surface area (Å²) < 4.78 is 0. The Labute approximate surface area is 157 Å². The number of halogens is 1. The Kier molecular flexibility index (Phi) is 7.28. The van der Waals surface area contributed by atoms with E-state index in [4.69, 9.17) is 0 Å². The van der Waals surface area contributed by atoms with Crippen molar-refractivity contribution in [3.63, 3.8) is 0 Å². The number of hydrogen-bond donors (Lipinski definition) is 2. The number of rotatable bonds is 5.